The van der Waals surface area contributed by atoms with Crippen molar-refractivity contribution in [3.63, 3.8) is 0 Å². The van der Waals surface area contributed by atoms with Crippen molar-refractivity contribution in [3.05, 3.63) is 75.3 Å². The molecule has 0 bridgehead atoms. The normalized spacial score (nSPS) is 10.1. The summed E-state index contributed by atoms with van der Waals surface area (Å²) in [5.41, 5.74) is 0.535. The molecule has 4 rings (SSSR count). The average molecular weight is 555 g/mol. The van der Waals surface area contributed by atoms with Crippen LogP contribution in [-0.4, -0.2) is 26.3 Å². The molecular formula is C20H13Br2CuNO4. The van der Waals surface area contributed by atoms with Crippen LogP contribution in [0.15, 0.2) is 69.7 Å². The molecule has 4 aromatic rings. The van der Waals surface area contributed by atoms with Gasteiger partial charge >= 0.3 is 5.97 Å². The van der Waals surface area contributed by atoms with E-state index in [0.717, 1.165) is 20.6 Å². The number of hydrogen-bond donors (Lipinski definition) is 3. The maximum absolute atomic E-state index is 10.8. The number of phenolic OH excluding ortho intramolecular Hbond substituents is 1. The number of carbonyl (C=O) groups is 1. The van der Waals surface area contributed by atoms with E-state index in [0.29, 0.717) is 9.99 Å². The van der Waals surface area contributed by atoms with Crippen molar-refractivity contribution in [2.75, 3.05) is 0 Å². The van der Waals surface area contributed by atoms with Crippen molar-refractivity contribution in [3.8, 4) is 11.5 Å². The third-order valence-corrected chi connectivity index (χ3v) is 5.38. The zero-order valence-corrected chi connectivity index (χ0v) is 18.1. The first-order valence-corrected chi connectivity index (χ1v) is 9.34. The summed E-state index contributed by atoms with van der Waals surface area (Å²) in [7, 11) is 0. The minimum Gasteiger partial charge on any atom is -0.506 e. The molecule has 147 valence electrons. The Kier molecular flexibility index (Phi) is 7.43. The number of carboxylic acids is 1. The minimum absolute atomic E-state index is 0. The fourth-order valence-electron chi connectivity index (χ4n) is 2.58. The molecule has 8 heteroatoms. The topological polar surface area (TPSA) is 90.7 Å². The first-order chi connectivity index (χ1) is 12.9. The Balaban J connectivity index is 0.000000198. The Morgan fingerprint density at radius 1 is 0.929 bits per heavy atom. The van der Waals surface area contributed by atoms with Gasteiger partial charge in [-0.3, -0.25) is 4.98 Å². The fourth-order valence-corrected chi connectivity index (χ4v) is 3.61. The molecule has 1 aromatic heterocycles. The van der Waals surface area contributed by atoms with E-state index in [1.165, 1.54) is 6.07 Å². The number of aromatic nitrogens is 1. The van der Waals surface area contributed by atoms with E-state index >= 15 is 0 Å². The van der Waals surface area contributed by atoms with Crippen LogP contribution < -0.4 is 0 Å². The predicted molar refractivity (Wildman–Crippen MR) is 111 cm³/mol. The van der Waals surface area contributed by atoms with Gasteiger partial charge in [-0.2, -0.15) is 0 Å². The molecule has 0 amide bonds. The van der Waals surface area contributed by atoms with Gasteiger partial charge in [0.25, 0.3) is 0 Å². The predicted octanol–water partition coefficient (Wildman–Crippen LogP) is 5.71. The molecule has 5 nitrogen and oxygen atoms in total. The Bertz CT molecular complexity index is 1130. The number of hydrogen-bond acceptors (Lipinski definition) is 4. The third kappa shape index (κ3) is 4.47. The second kappa shape index (κ2) is 9.39. The zero-order valence-electron chi connectivity index (χ0n) is 14.0. The van der Waals surface area contributed by atoms with Crippen LogP contribution in [0, 0.1) is 0 Å². The summed E-state index contributed by atoms with van der Waals surface area (Å²) in [5.74, 6) is -1.16. The molecule has 0 atom stereocenters. The Morgan fingerprint density at radius 3 is 2.29 bits per heavy atom. The molecule has 0 aliphatic heterocycles. The molecule has 0 saturated heterocycles. The molecule has 0 fully saturated rings. The van der Waals surface area contributed by atoms with Gasteiger partial charge in [0.1, 0.15) is 22.6 Å². The van der Waals surface area contributed by atoms with Crippen LogP contribution in [-0.2, 0) is 17.1 Å². The molecule has 0 unspecified atom stereocenters. The first-order valence-electron chi connectivity index (χ1n) is 7.76. The number of rotatable bonds is 1. The van der Waals surface area contributed by atoms with Crippen molar-refractivity contribution in [1.82, 2.24) is 4.98 Å². The second-order valence-electron chi connectivity index (χ2n) is 5.58. The van der Waals surface area contributed by atoms with Crippen molar-refractivity contribution in [2.24, 2.45) is 0 Å². The van der Waals surface area contributed by atoms with Gasteiger partial charge in [0.15, 0.2) is 0 Å². The van der Waals surface area contributed by atoms with Gasteiger partial charge in [-0.15, -0.1) is 0 Å². The summed E-state index contributed by atoms with van der Waals surface area (Å²) in [6.45, 7) is 0. The van der Waals surface area contributed by atoms with Crippen LogP contribution >= 0.6 is 31.9 Å². The molecule has 1 radical (unpaired) electrons. The van der Waals surface area contributed by atoms with Crippen LogP contribution in [0.3, 0.4) is 0 Å². The number of phenols is 2. The van der Waals surface area contributed by atoms with E-state index in [4.69, 9.17) is 5.11 Å². The molecule has 28 heavy (non-hydrogen) atoms. The Hall–Kier alpha value is -2.12. The van der Waals surface area contributed by atoms with E-state index in [9.17, 15) is 15.0 Å². The van der Waals surface area contributed by atoms with Crippen LogP contribution in [0.2, 0.25) is 0 Å². The van der Waals surface area contributed by atoms with Crippen LogP contribution in [0.1, 0.15) is 10.4 Å². The van der Waals surface area contributed by atoms with Gasteiger partial charge in [0.05, 0.1) is 4.47 Å². The van der Waals surface area contributed by atoms with Crippen LogP contribution in [0.25, 0.3) is 21.7 Å². The van der Waals surface area contributed by atoms with Gasteiger partial charge in [-0.1, -0.05) is 46.3 Å². The molecule has 0 aliphatic carbocycles. The first kappa shape index (κ1) is 22.2. The van der Waals surface area contributed by atoms with Gasteiger partial charge in [0, 0.05) is 33.1 Å². The molecule has 3 N–H and O–H groups in total. The SMILES string of the molecule is O=C(O)c1cc2ccccc2c(Br)c1O.Oc1ccc(Br)c2cccnc12.[Cu]. The number of benzene rings is 3. The van der Waals surface area contributed by atoms with Gasteiger partial charge < -0.3 is 15.3 Å². The maximum Gasteiger partial charge on any atom is 0.339 e. The van der Waals surface area contributed by atoms with Crippen LogP contribution in [0.4, 0.5) is 0 Å². The van der Waals surface area contributed by atoms with E-state index in [1.54, 1.807) is 24.4 Å². The van der Waals surface area contributed by atoms with Crippen molar-refractivity contribution >= 4 is 59.5 Å². The largest absolute Gasteiger partial charge is 0.506 e. The maximum atomic E-state index is 10.8. The Labute approximate surface area is 187 Å². The van der Waals surface area contributed by atoms with Gasteiger partial charge in [-0.25, -0.2) is 4.79 Å². The number of nitrogens with zero attached hydrogens (tertiary/aromatic N) is 1. The minimum atomic E-state index is -1.14. The van der Waals surface area contributed by atoms with Gasteiger partial charge in [0.2, 0.25) is 0 Å². The van der Waals surface area contributed by atoms with Gasteiger partial charge in [-0.05, 0) is 51.0 Å². The quantitative estimate of drug-likeness (QED) is 0.263. The number of aromatic carboxylic acids is 1. The summed E-state index contributed by atoms with van der Waals surface area (Å²) < 4.78 is 1.36. The van der Waals surface area contributed by atoms with E-state index < -0.39 is 5.97 Å². The number of pyridine rings is 1. The van der Waals surface area contributed by atoms with Crippen molar-refractivity contribution in [1.29, 1.82) is 0 Å². The molecule has 0 aliphatic rings. The van der Waals surface area contributed by atoms with Crippen molar-refractivity contribution < 1.29 is 37.2 Å². The third-order valence-electron chi connectivity index (χ3n) is 3.89. The van der Waals surface area contributed by atoms with E-state index in [1.807, 2.05) is 30.3 Å². The molecule has 0 saturated carbocycles. The molecular weight excluding hydrogens is 542 g/mol. The number of halogens is 2. The van der Waals surface area contributed by atoms with E-state index in [-0.39, 0.29) is 34.1 Å². The van der Waals surface area contributed by atoms with Crippen LogP contribution in [0.5, 0.6) is 11.5 Å². The number of carboxylic acid groups (broad SMARTS) is 1. The van der Waals surface area contributed by atoms with Crippen molar-refractivity contribution in [2.45, 2.75) is 0 Å². The summed E-state index contributed by atoms with van der Waals surface area (Å²) in [5, 5.41) is 30.4. The van der Waals surface area contributed by atoms with E-state index in [2.05, 4.69) is 36.8 Å². The average Bonchev–Trinajstić information content (AvgIpc) is 2.68. The summed E-state index contributed by atoms with van der Waals surface area (Å²) in [6, 6.07) is 15.9. The number of fused-ring (bicyclic) bond motifs is 2. The number of aromatic hydroxyl groups is 2. The molecule has 3 aromatic carbocycles. The smallest absolute Gasteiger partial charge is 0.339 e. The second-order valence-corrected chi connectivity index (χ2v) is 7.23. The standard InChI is InChI=1S/C11H7BrO3.C9H6BrNO.Cu/c12-9-7-4-2-1-3-6(7)5-8(10(9)13)11(14)15;10-7-3-4-8(12)9-6(7)2-1-5-11-9;/h1-5,13H,(H,14,15);1-5,12H;. The fraction of sp³-hybridized carbons (Fsp3) is 0. The Morgan fingerprint density at radius 2 is 1.61 bits per heavy atom. The molecule has 0 spiro atoms. The zero-order chi connectivity index (χ0) is 19.6. The monoisotopic (exact) mass is 552 g/mol. The summed E-state index contributed by atoms with van der Waals surface area (Å²) in [6.07, 6.45) is 1.66. The molecule has 1 heterocycles. The summed E-state index contributed by atoms with van der Waals surface area (Å²) in [4.78, 5) is 14.9. The summed E-state index contributed by atoms with van der Waals surface area (Å²) >= 11 is 6.57.